The molecule has 1 aromatic carbocycles. The van der Waals surface area contributed by atoms with Crippen molar-refractivity contribution in [2.24, 2.45) is 0 Å². The van der Waals surface area contributed by atoms with Crippen LogP contribution in [0.4, 0.5) is 33.1 Å². The molecule has 0 aliphatic carbocycles. The predicted octanol–water partition coefficient (Wildman–Crippen LogP) is 6.10. The highest BCUT2D eigenvalue weighted by atomic mass is 32.2. The van der Waals surface area contributed by atoms with Crippen LogP contribution >= 0.6 is 23.1 Å². The minimum atomic E-state index is -0.377. The summed E-state index contributed by atoms with van der Waals surface area (Å²) in [5.41, 5.74) is 2.65. The van der Waals surface area contributed by atoms with E-state index in [-0.39, 0.29) is 6.03 Å². The van der Waals surface area contributed by atoms with Crippen LogP contribution < -0.4 is 20.9 Å². The van der Waals surface area contributed by atoms with Crippen molar-refractivity contribution in [2.45, 2.75) is 38.8 Å². The summed E-state index contributed by atoms with van der Waals surface area (Å²) in [7, 11) is 0. The lowest BCUT2D eigenvalue weighted by molar-refractivity contribution is 0.258. The highest BCUT2D eigenvalue weighted by molar-refractivity contribution is 7.98. The lowest BCUT2D eigenvalue weighted by Crippen LogP contribution is -2.46. The minimum Gasteiger partial charge on any atom is -0.359 e. The lowest BCUT2D eigenvalue weighted by atomic mass is 10.1. The Balaban J connectivity index is 1.24. The van der Waals surface area contributed by atoms with Crippen molar-refractivity contribution in [3.8, 4) is 10.4 Å². The Kier molecular flexibility index (Phi) is 9.37. The van der Waals surface area contributed by atoms with Crippen LogP contribution in [0.15, 0.2) is 46.2 Å². The molecule has 0 saturated carbocycles. The number of carbonyl (C=O) groups is 1. The Morgan fingerprint density at radius 2 is 1.90 bits per heavy atom. The monoisotopic (exact) mass is 593 g/mol. The first-order chi connectivity index (χ1) is 19.9. The summed E-state index contributed by atoms with van der Waals surface area (Å²) in [6.07, 6.45) is 5.73. The number of urea groups is 1. The predicted molar refractivity (Wildman–Crippen MR) is 167 cm³/mol. The van der Waals surface area contributed by atoms with Crippen molar-refractivity contribution in [3.05, 3.63) is 47.9 Å². The number of benzene rings is 1. The van der Waals surface area contributed by atoms with Gasteiger partial charge in [-0.05, 0) is 49.4 Å². The molecule has 0 spiro atoms. The van der Waals surface area contributed by atoms with Crippen LogP contribution in [0.3, 0.4) is 0 Å². The third kappa shape index (κ3) is 7.34. The molecule has 2 amide bonds. The summed E-state index contributed by atoms with van der Waals surface area (Å²) in [5, 5.41) is 14.3. The van der Waals surface area contributed by atoms with E-state index in [0.717, 1.165) is 70.7 Å². The first-order valence-corrected chi connectivity index (χ1v) is 15.8. The van der Waals surface area contributed by atoms with Crippen molar-refractivity contribution in [2.75, 3.05) is 59.8 Å². The molecule has 1 fully saturated rings. The number of nitrogens with one attached hydrogen (secondary N) is 3. The zero-order valence-corrected chi connectivity index (χ0v) is 25.4. The van der Waals surface area contributed by atoms with Crippen LogP contribution in [0.2, 0.25) is 0 Å². The number of aromatic nitrogens is 4. The molecule has 4 aromatic rings. The largest absolute Gasteiger partial charge is 0.359 e. The van der Waals surface area contributed by atoms with Crippen molar-refractivity contribution in [1.29, 1.82) is 0 Å². The van der Waals surface area contributed by atoms with Gasteiger partial charge in [0.15, 0.2) is 16.1 Å². The molecule has 0 unspecified atom stereocenters. The van der Waals surface area contributed by atoms with Gasteiger partial charge in [-0.15, -0.1) is 0 Å². The van der Waals surface area contributed by atoms with E-state index in [1.165, 1.54) is 18.2 Å². The van der Waals surface area contributed by atoms with Gasteiger partial charge in [0.1, 0.15) is 17.4 Å². The van der Waals surface area contributed by atoms with Crippen LogP contribution in [0, 0.1) is 6.92 Å². The molecule has 11 nitrogen and oxygen atoms in total. The van der Waals surface area contributed by atoms with Crippen molar-refractivity contribution in [3.63, 3.8) is 0 Å². The number of piperazine rings is 1. The molecule has 4 heterocycles. The maximum atomic E-state index is 12.4. The molecular weight excluding hydrogens is 559 g/mol. The van der Waals surface area contributed by atoms with E-state index in [4.69, 9.17) is 9.51 Å². The molecule has 1 saturated heterocycles. The maximum absolute atomic E-state index is 12.4. The van der Waals surface area contributed by atoms with Gasteiger partial charge in [-0.3, -0.25) is 10.2 Å². The van der Waals surface area contributed by atoms with Gasteiger partial charge in [0.2, 0.25) is 0 Å². The van der Waals surface area contributed by atoms with Gasteiger partial charge in [0, 0.05) is 56.6 Å². The van der Waals surface area contributed by atoms with Crippen LogP contribution in [-0.2, 0) is 6.42 Å². The summed E-state index contributed by atoms with van der Waals surface area (Å²) in [6.45, 7) is 11.3. The second kappa shape index (κ2) is 13.3. The van der Waals surface area contributed by atoms with Crippen molar-refractivity contribution < 1.29 is 9.32 Å². The van der Waals surface area contributed by atoms with Gasteiger partial charge in [-0.1, -0.05) is 48.2 Å². The van der Waals surface area contributed by atoms with Gasteiger partial charge in [-0.2, -0.15) is 0 Å². The fraction of sp³-hybridized carbons (Fsp3) is 0.393. The second-order valence-corrected chi connectivity index (χ2v) is 11.5. The summed E-state index contributed by atoms with van der Waals surface area (Å²) in [6, 6.07) is 9.23. The van der Waals surface area contributed by atoms with Gasteiger partial charge in [0.05, 0.1) is 4.88 Å². The van der Waals surface area contributed by atoms with E-state index in [1.807, 2.05) is 50.6 Å². The zero-order chi connectivity index (χ0) is 28.8. The highest BCUT2D eigenvalue weighted by Gasteiger charge is 2.19. The normalized spacial score (nSPS) is 13.8. The number of hydrogen-bond donors (Lipinski definition) is 3. The molecule has 0 atom stereocenters. The molecule has 216 valence electrons. The van der Waals surface area contributed by atoms with Crippen molar-refractivity contribution >= 4 is 57.4 Å². The van der Waals surface area contributed by atoms with Crippen LogP contribution in [-0.4, -0.2) is 70.0 Å². The Morgan fingerprint density at radius 3 is 2.61 bits per heavy atom. The van der Waals surface area contributed by atoms with Gasteiger partial charge >= 0.3 is 6.03 Å². The number of carbonyl (C=O) groups excluding carboxylic acids is 1. The topological polar surface area (TPSA) is 124 Å². The number of thiazole rings is 1. The molecule has 3 N–H and O–H groups in total. The molecule has 5 rings (SSSR count). The molecular formula is C28H35N9O2S2. The third-order valence-electron chi connectivity index (χ3n) is 6.76. The first kappa shape index (κ1) is 28.8. The number of hydrogen-bond acceptors (Lipinski definition) is 11. The van der Waals surface area contributed by atoms with E-state index in [0.29, 0.717) is 23.7 Å². The van der Waals surface area contributed by atoms with E-state index in [9.17, 15) is 4.79 Å². The fourth-order valence-electron chi connectivity index (χ4n) is 4.59. The Labute approximate surface area is 248 Å². The number of anilines is 5. The smallest absolute Gasteiger partial charge is 0.324 e. The quantitative estimate of drug-likeness (QED) is 0.147. The number of aryl methyl sites for hydroxylation is 2. The SMILES string of the molecule is CCCN1CCN(c2cc(Nc3ncc(-c4ccc(NC(=O)Nc5cc(CC)on5)c(C)c4)s3)nc(SC)n2)CC1. The number of rotatable bonds is 10. The zero-order valence-electron chi connectivity index (χ0n) is 23.7. The number of nitrogens with zero attached hydrogens (tertiary/aromatic N) is 6. The lowest BCUT2D eigenvalue weighted by Gasteiger charge is -2.35. The van der Waals surface area contributed by atoms with Crippen molar-refractivity contribution in [1.82, 2.24) is 25.0 Å². The Bertz CT molecular complexity index is 1480. The number of thioether (sulfide) groups is 1. The Morgan fingerprint density at radius 1 is 1.07 bits per heavy atom. The average molecular weight is 594 g/mol. The van der Waals surface area contributed by atoms with E-state index < -0.39 is 0 Å². The first-order valence-electron chi connectivity index (χ1n) is 13.7. The summed E-state index contributed by atoms with van der Waals surface area (Å²) < 4.78 is 5.13. The molecule has 1 aliphatic rings. The fourth-order valence-corrected chi connectivity index (χ4v) is 5.78. The van der Waals surface area contributed by atoms with Gasteiger partial charge < -0.3 is 20.1 Å². The van der Waals surface area contributed by atoms with E-state index in [2.05, 4.69) is 47.8 Å². The average Bonchev–Trinajstić information content (AvgIpc) is 3.64. The summed E-state index contributed by atoms with van der Waals surface area (Å²) in [4.78, 5) is 32.3. The Hall–Kier alpha value is -3.68. The highest BCUT2D eigenvalue weighted by Crippen LogP contribution is 2.33. The second-order valence-electron chi connectivity index (χ2n) is 9.72. The summed E-state index contributed by atoms with van der Waals surface area (Å²) >= 11 is 3.08. The number of amides is 2. The van der Waals surface area contributed by atoms with Gasteiger partial charge in [0.25, 0.3) is 0 Å². The minimum absolute atomic E-state index is 0.377. The van der Waals surface area contributed by atoms with Crippen LogP contribution in [0.25, 0.3) is 10.4 Å². The molecule has 0 bridgehead atoms. The van der Waals surface area contributed by atoms with E-state index >= 15 is 0 Å². The molecule has 1 aliphatic heterocycles. The molecule has 3 aromatic heterocycles. The molecule has 13 heteroatoms. The van der Waals surface area contributed by atoms with Crippen LogP contribution in [0.1, 0.15) is 31.6 Å². The van der Waals surface area contributed by atoms with Gasteiger partial charge in [-0.25, -0.2) is 19.7 Å². The standard InChI is InChI=1S/C28H35N9O2S2/c1-5-9-36-10-12-37(13-11-36)25-16-23(33-28(34-25)40-4)32-27-29-17-22(41-27)19-7-8-21(18(3)14-19)30-26(38)31-24-15-20(6-2)39-35-24/h7-8,14-17H,5-6,9-13H2,1-4H3,(H,29,32,33,34)(H2,30,31,35,38). The molecule has 41 heavy (non-hydrogen) atoms. The summed E-state index contributed by atoms with van der Waals surface area (Å²) in [5.74, 6) is 2.77. The molecule has 0 radical (unpaired) electrons. The third-order valence-corrected chi connectivity index (χ3v) is 8.27. The van der Waals surface area contributed by atoms with E-state index in [1.54, 1.807) is 17.4 Å². The van der Waals surface area contributed by atoms with Crippen LogP contribution in [0.5, 0.6) is 0 Å². The maximum Gasteiger partial charge on any atom is 0.324 e.